The highest BCUT2D eigenvalue weighted by Gasteiger charge is 1.87. The maximum absolute atomic E-state index is 9.69. The van der Waals surface area contributed by atoms with Gasteiger partial charge in [-0.1, -0.05) is 0 Å². The number of aldehydes is 1. The zero-order valence-electron chi connectivity index (χ0n) is 3.42. The van der Waals surface area contributed by atoms with Crippen LogP contribution in [0.1, 0.15) is 10.7 Å². The highest BCUT2D eigenvalue weighted by molar-refractivity contribution is 5.66. The van der Waals surface area contributed by atoms with E-state index in [-0.39, 0.29) is 5.89 Å². The molecule has 3 nitrogen and oxygen atoms in total. The van der Waals surface area contributed by atoms with Crippen molar-refractivity contribution in [2.45, 2.75) is 0 Å². The van der Waals surface area contributed by atoms with Gasteiger partial charge in [0.2, 0.25) is 6.29 Å². The van der Waals surface area contributed by atoms with Crippen LogP contribution in [-0.2, 0) is 0 Å². The topological polar surface area (TPSA) is 43.1 Å². The summed E-state index contributed by atoms with van der Waals surface area (Å²) in [6, 6.07) is 0. The van der Waals surface area contributed by atoms with Gasteiger partial charge in [-0.05, 0) is 0 Å². The largest absolute Gasteiger partial charge is 0.430 e. The number of aromatic nitrogens is 1. The summed E-state index contributed by atoms with van der Waals surface area (Å²) >= 11 is 0. The van der Waals surface area contributed by atoms with Crippen LogP contribution >= 0.6 is 0 Å². The highest BCUT2D eigenvalue weighted by atomic mass is 16.3. The molecule has 1 heterocycles. The van der Waals surface area contributed by atoms with Gasteiger partial charge >= 0.3 is 0 Å². The lowest BCUT2D eigenvalue weighted by Crippen LogP contribution is -1.72. The highest BCUT2D eigenvalue weighted by Crippen LogP contribution is 1.84. The summed E-state index contributed by atoms with van der Waals surface area (Å²) in [5, 5.41) is 0. The minimum absolute atomic E-state index is 0.0694. The minimum Gasteiger partial charge on any atom is -0.430 e. The van der Waals surface area contributed by atoms with E-state index in [1.807, 2.05) is 0 Å². The van der Waals surface area contributed by atoms with E-state index in [1.165, 1.54) is 6.20 Å². The first-order chi connectivity index (χ1) is 3.43. The van der Waals surface area contributed by atoms with Crippen LogP contribution in [0.2, 0.25) is 0 Å². The average Bonchev–Trinajstić information content (AvgIpc) is 2.14. The first-order valence-corrected chi connectivity index (χ1v) is 1.70. The molecule has 0 saturated heterocycles. The molecule has 0 aromatic carbocycles. The zero-order chi connectivity index (χ0) is 5.11. The summed E-state index contributed by atoms with van der Waals surface area (Å²) in [6.45, 7) is 0. The Morgan fingerprint density at radius 3 is 3.14 bits per heavy atom. The predicted molar refractivity (Wildman–Crippen MR) is 20.7 cm³/mol. The summed E-state index contributed by atoms with van der Waals surface area (Å²) in [7, 11) is 0. The molecule has 1 radical (unpaired) electrons. The normalized spacial score (nSPS) is 8.57. The molecule has 0 aliphatic heterocycles. The van der Waals surface area contributed by atoms with E-state index in [1.54, 1.807) is 0 Å². The number of hydrogen-bond acceptors (Lipinski definition) is 3. The van der Waals surface area contributed by atoms with Gasteiger partial charge in [0.1, 0.15) is 0 Å². The van der Waals surface area contributed by atoms with Crippen LogP contribution in [0.3, 0.4) is 0 Å². The van der Waals surface area contributed by atoms with Gasteiger partial charge < -0.3 is 4.42 Å². The Bertz CT molecular complexity index is 145. The Hall–Kier alpha value is -1.12. The monoisotopic (exact) mass is 96.0 g/mol. The SMILES string of the molecule is O=Cc1nc[c]o1. The van der Waals surface area contributed by atoms with Crippen molar-refractivity contribution < 1.29 is 9.21 Å². The van der Waals surface area contributed by atoms with Crippen molar-refractivity contribution in [2.75, 3.05) is 0 Å². The fourth-order valence-electron chi connectivity index (χ4n) is 0.258. The second-order valence-corrected chi connectivity index (χ2v) is 0.934. The third-order valence-electron chi connectivity index (χ3n) is 0.509. The Balaban J connectivity index is 2.96. The van der Waals surface area contributed by atoms with Crippen LogP contribution < -0.4 is 0 Å². The van der Waals surface area contributed by atoms with Crippen LogP contribution in [0.15, 0.2) is 10.6 Å². The van der Waals surface area contributed by atoms with Crippen LogP contribution in [0.5, 0.6) is 0 Å². The number of carbonyl (C=O) groups is 1. The van der Waals surface area contributed by atoms with Crippen molar-refractivity contribution in [1.82, 2.24) is 4.98 Å². The molecule has 0 fully saturated rings. The predicted octanol–water partition coefficient (Wildman–Crippen LogP) is 0.287. The van der Waals surface area contributed by atoms with Gasteiger partial charge in [0.05, 0.1) is 6.20 Å². The fourth-order valence-corrected chi connectivity index (χ4v) is 0.258. The van der Waals surface area contributed by atoms with Crippen molar-refractivity contribution in [3.63, 3.8) is 0 Å². The van der Waals surface area contributed by atoms with Crippen LogP contribution in [0.4, 0.5) is 0 Å². The molecule has 1 rings (SSSR count). The Kier molecular flexibility index (Phi) is 0.898. The lowest BCUT2D eigenvalue weighted by Gasteiger charge is -1.66. The second kappa shape index (κ2) is 1.55. The summed E-state index contributed by atoms with van der Waals surface area (Å²) < 4.78 is 4.38. The molecule has 0 spiro atoms. The van der Waals surface area contributed by atoms with E-state index in [4.69, 9.17) is 0 Å². The molecular formula is C4H2NO2. The fraction of sp³-hybridized carbons (Fsp3) is 0. The molecule has 0 atom stereocenters. The standard InChI is InChI=1S/C4H2NO2/c6-3-4-5-1-2-7-4/h1,3H. The van der Waals surface area contributed by atoms with Crippen LogP contribution in [0.25, 0.3) is 0 Å². The smallest absolute Gasteiger partial charge is 0.260 e. The maximum atomic E-state index is 9.69. The number of nitrogens with zero attached hydrogens (tertiary/aromatic N) is 1. The lowest BCUT2D eigenvalue weighted by atomic mass is 10.8. The maximum Gasteiger partial charge on any atom is 0.260 e. The zero-order valence-corrected chi connectivity index (χ0v) is 3.42. The van der Waals surface area contributed by atoms with Gasteiger partial charge in [-0.3, -0.25) is 4.79 Å². The molecule has 7 heavy (non-hydrogen) atoms. The summed E-state index contributed by atoms with van der Waals surface area (Å²) in [6.07, 6.45) is 4.08. The van der Waals surface area contributed by atoms with E-state index in [2.05, 4.69) is 15.7 Å². The van der Waals surface area contributed by atoms with Gasteiger partial charge in [0, 0.05) is 0 Å². The van der Waals surface area contributed by atoms with Crippen LogP contribution in [-0.4, -0.2) is 11.3 Å². The van der Waals surface area contributed by atoms with Gasteiger partial charge in [0.25, 0.3) is 5.89 Å². The van der Waals surface area contributed by atoms with Crippen molar-refractivity contribution in [1.29, 1.82) is 0 Å². The van der Waals surface area contributed by atoms with Crippen molar-refractivity contribution in [3.8, 4) is 0 Å². The molecule has 0 saturated carbocycles. The third kappa shape index (κ3) is 0.652. The number of oxazole rings is 1. The van der Waals surface area contributed by atoms with E-state index in [0.717, 1.165) is 0 Å². The summed E-state index contributed by atoms with van der Waals surface area (Å²) in [5.74, 6) is 0.0694. The van der Waals surface area contributed by atoms with Gasteiger partial charge in [0.15, 0.2) is 6.26 Å². The molecule has 0 amide bonds. The van der Waals surface area contributed by atoms with E-state index in [9.17, 15) is 4.79 Å². The summed E-state index contributed by atoms with van der Waals surface area (Å²) in [4.78, 5) is 13.1. The molecule has 3 heteroatoms. The van der Waals surface area contributed by atoms with Crippen molar-refractivity contribution >= 4 is 6.29 Å². The first-order valence-electron chi connectivity index (χ1n) is 1.70. The summed E-state index contributed by atoms with van der Waals surface area (Å²) in [5.41, 5.74) is 0. The average molecular weight is 96.1 g/mol. The molecule has 0 aliphatic carbocycles. The lowest BCUT2D eigenvalue weighted by molar-refractivity contribution is 0.109. The van der Waals surface area contributed by atoms with E-state index in [0.29, 0.717) is 6.29 Å². The quantitative estimate of drug-likeness (QED) is 0.472. The first kappa shape index (κ1) is 4.05. The third-order valence-corrected chi connectivity index (χ3v) is 0.509. The Labute approximate surface area is 40.0 Å². The Morgan fingerprint density at radius 1 is 2.00 bits per heavy atom. The molecule has 1 aromatic heterocycles. The minimum atomic E-state index is 0.0694. The Morgan fingerprint density at radius 2 is 2.86 bits per heavy atom. The van der Waals surface area contributed by atoms with Gasteiger partial charge in [-0.25, -0.2) is 4.98 Å². The molecule has 35 valence electrons. The number of rotatable bonds is 1. The molecule has 0 bridgehead atoms. The van der Waals surface area contributed by atoms with Gasteiger partial charge in [-0.15, -0.1) is 0 Å². The van der Waals surface area contributed by atoms with Gasteiger partial charge in [-0.2, -0.15) is 0 Å². The van der Waals surface area contributed by atoms with Crippen LogP contribution in [0, 0.1) is 6.26 Å². The number of hydrogen-bond donors (Lipinski definition) is 0. The second-order valence-electron chi connectivity index (χ2n) is 0.934. The van der Waals surface area contributed by atoms with Crippen molar-refractivity contribution in [2.24, 2.45) is 0 Å². The van der Waals surface area contributed by atoms with Crippen molar-refractivity contribution in [3.05, 3.63) is 18.4 Å². The van der Waals surface area contributed by atoms with E-state index < -0.39 is 0 Å². The molecule has 0 unspecified atom stereocenters. The molecule has 0 N–H and O–H groups in total. The molecule has 0 aliphatic rings. The molecule has 1 aromatic rings. The van der Waals surface area contributed by atoms with E-state index >= 15 is 0 Å². The molecular weight excluding hydrogens is 94.0 g/mol. The number of carbonyl (C=O) groups excluding carboxylic acids is 1.